The summed E-state index contributed by atoms with van der Waals surface area (Å²) in [5.41, 5.74) is 1.31. The molecule has 0 bridgehead atoms. The van der Waals surface area contributed by atoms with Crippen molar-refractivity contribution in [3.05, 3.63) is 41.1 Å². The van der Waals surface area contributed by atoms with E-state index in [2.05, 4.69) is 5.92 Å². The number of terminal acetylenes is 1. The van der Waals surface area contributed by atoms with Crippen molar-refractivity contribution >= 4 is 17.6 Å². The van der Waals surface area contributed by atoms with Crippen LogP contribution >= 0.6 is 0 Å². The second-order valence-electron chi connectivity index (χ2n) is 4.38. The van der Waals surface area contributed by atoms with Gasteiger partial charge in [-0.1, -0.05) is 18.1 Å². The first-order valence-corrected chi connectivity index (χ1v) is 6.44. The average molecular weight is 301 g/mol. The monoisotopic (exact) mass is 301 g/mol. The number of nitrogens with zero attached hydrogens (tertiary/aromatic N) is 1. The molecule has 22 heavy (non-hydrogen) atoms. The van der Waals surface area contributed by atoms with Gasteiger partial charge in [0, 0.05) is 5.56 Å². The summed E-state index contributed by atoms with van der Waals surface area (Å²) in [4.78, 5) is 25.5. The minimum Gasteiger partial charge on any atom is -0.466 e. The first-order valence-electron chi connectivity index (χ1n) is 6.44. The van der Waals surface area contributed by atoms with Gasteiger partial charge in [0.1, 0.15) is 12.4 Å². The number of benzene rings is 1. The van der Waals surface area contributed by atoms with Gasteiger partial charge < -0.3 is 19.1 Å². The van der Waals surface area contributed by atoms with E-state index in [-0.39, 0.29) is 24.6 Å². The Morgan fingerprint density at radius 3 is 2.55 bits per heavy atom. The molecule has 0 radical (unpaired) electrons. The Bertz CT molecular complexity index is 671. The average Bonchev–Trinajstić information content (AvgIpc) is 2.59. The molecule has 1 heterocycles. The van der Waals surface area contributed by atoms with E-state index >= 15 is 0 Å². The molecule has 0 fully saturated rings. The van der Waals surface area contributed by atoms with Crippen LogP contribution in [0, 0.1) is 12.3 Å². The Hall–Kier alpha value is -2.78. The highest BCUT2D eigenvalue weighted by Crippen LogP contribution is 2.29. The van der Waals surface area contributed by atoms with Crippen LogP contribution in [0.25, 0.3) is 0 Å². The van der Waals surface area contributed by atoms with Crippen LogP contribution in [0.15, 0.2) is 35.5 Å². The predicted molar refractivity (Wildman–Crippen MR) is 78.7 cm³/mol. The summed E-state index contributed by atoms with van der Waals surface area (Å²) >= 11 is 0. The van der Waals surface area contributed by atoms with Crippen LogP contribution in [-0.2, 0) is 23.8 Å². The topological polar surface area (TPSA) is 65.1 Å². The molecule has 6 heteroatoms. The van der Waals surface area contributed by atoms with Gasteiger partial charge in [-0.3, -0.25) is 0 Å². The van der Waals surface area contributed by atoms with Crippen LogP contribution in [0.2, 0.25) is 0 Å². The Balaban J connectivity index is 2.61. The van der Waals surface area contributed by atoms with Crippen molar-refractivity contribution in [3.8, 4) is 12.3 Å². The van der Waals surface area contributed by atoms with E-state index < -0.39 is 11.9 Å². The standard InChI is InChI=1S/C16H15NO5/c1-4-11-7-5-6-8-13(11)17-10-22-9-12(15(18)20-2)14(17)16(19)21-3/h1,5-8H,9-10H2,2-3H3. The molecule has 1 aliphatic rings. The Labute approximate surface area is 128 Å². The van der Waals surface area contributed by atoms with Gasteiger partial charge in [0.25, 0.3) is 0 Å². The fraction of sp³-hybridized carbons (Fsp3) is 0.250. The third-order valence-corrected chi connectivity index (χ3v) is 3.18. The number of carbonyl (C=O) groups is 2. The smallest absolute Gasteiger partial charge is 0.355 e. The summed E-state index contributed by atoms with van der Waals surface area (Å²) < 4.78 is 14.9. The Morgan fingerprint density at radius 2 is 1.91 bits per heavy atom. The molecule has 0 unspecified atom stereocenters. The van der Waals surface area contributed by atoms with Crippen molar-refractivity contribution in [1.82, 2.24) is 0 Å². The molecule has 0 spiro atoms. The molecule has 6 nitrogen and oxygen atoms in total. The largest absolute Gasteiger partial charge is 0.466 e. The number of esters is 2. The lowest BCUT2D eigenvalue weighted by Crippen LogP contribution is -2.39. The van der Waals surface area contributed by atoms with Gasteiger partial charge in [0.05, 0.1) is 32.1 Å². The van der Waals surface area contributed by atoms with Gasteiger partial charge >= 0.3 is 11.9 Å². The van der Waals surface area contributed by atoms with Gasteiger partial charge in [-0.25, -0.2) is 9.59 Å². The Morgan fingerprint density at radius 1 is 1.23 bits per heavy atom. The van der Waals surface area contributed by atoms with Gasteiger partial charge in [-0.15, -0.1) is 6.42 Å². The van der Waals surface area contributed by atoms with E-state index in [0.717, 1.165) is 0 Å². The summed E-state index contributed by atoms with van der Waals surface area (Å²) in [7, 11) is 2.48. The number of carbonyl (C=O) groups excluding carboxylic acids is 2. The van der Waals surface area contributed by atoms with E-state index in [0.29, 0.717) is 11.3 Å². The van der Waals surface area contributed by atoms with E-state index in [1.807, 2.05) is 0 Å². The number of para-hydroxylation sites is 1. The molecule has 1 aromatic rings. The molecule has 0 saturated carbocycles. The maximum absolute atomic E-state index is 12.1. The number of methoxy groups -OCH3 is 2. The molecule has 0 atom stereocenters. The zero-order valence-electron chi connectivity index (χ0n) is 12.3. The lowest BCUT2D eigenvalue weighted by molar-refractivity contribution is -0.140. The highest BCUT2D eigenvalue weighted by atomic mass is 16.5. The van der Waals surface area contributed by atoms with Crippen molar-refractivity contribution in [2.45, 2.75) is 0 Å². The van der Waals surface area contributed by atoms with Crippen molar-refractivity contribution < 1.29 is 23.8 Å². The SMILES string of the molecule is C#Cc1ccccc1N1COCC(C(=O)OC)=C1C(=O)OC. The first-order chi connectivity index (χ1) is 10.6. The third-order valence-electron chi connectivity index (χ3n) is 3.18. The van der Waals surface area contributed by atoms with E-state index in [1.54, 1.807) is 24.3 Å². The summed E-state index contributed by atoms with van der Waals surface area (Å²) in [6.45, 7) is 0.0372. The van der Waals surface area contributed by atoms with Crippen LogP contribution in [0.3, 0.4) is 0 Å². The maximum atomic E-state index is 12.1. The zero-order chi connectivity index (χ0) is 16.1. The van der Waals surface area contributed by atoms with Gasteiger partial charge in [-0.2, -0.15) is 0 Å². The molecule has 1 aliphatic heterocycles. The molecular formula is C16H15NO5. The summed E-state index contributed by atoms with van der Waals surface area (Å²) in [6, 6.07) is 7.03. The number of rotatable bonds is 3. The second kappa shape index (κ2) is 6.78. The van der Waals surface area contributed by atoms with Crippen LogP contribution in [0.4, 0.5) is 5.69 Å². The molecule has 0 N–H and O–H groups in total. The van der Waals surface area contributed by atoms with Crippen LogP contribution < -0.4 is 4.90 Å². The summed E-state index contributed by atoms with van der Waals surface area (Å²) in [5.74, 6) is 1.23. The molecule has 0 saturated heterocycles. The molecule has 2 rings (SSSR count). The molecule has 0 aliphatic carbocycles. The Kier molecular flexibility index (Phi) is 4.81. The van der Waals surface area contributed by atoms with Crippen molar-refractivity contribution in [2.24, 2.45) is 0 Å². The van der Waals surface area contributed by atoms with Crippen LogP contribution in [-0.4, -0.2) is 39.5 Å². The van der Waals surface area contributed by atoms with Crippen molar-refractivity contribution in [1.29, 1.82) is 0 Å². The van der Waals surface area contributed by atoms with Crippen molar-refractivity contribution in [2.75, 3.05) is 32.5 Å². The number of anilines is 1. The minimum absolute atomic E-state index is 0.0359. The highest BCUT2D eigenvalue weighted by Gasteiger charge is 2.33. The first kappa shape index (κ1) is 15.6. The predicted octanol–water partition coefficient (Wildman–Crippen LogP) is 1.06. The van der Waals surface area contributed by atoms with Gasteiger partial charge in [0.2, 0.25) is 0 Å². The number of hydrogen-bond donors (Lipinski definition) is 0. The molecule has 1 aromatic carbocycles. The van der Waals surface area contributed by atoms with E-state index in [9.17, 15) is 9.59 Å². The fourth-order valence-corrected chi connectivity index (χ4v) is 2.16. The van der Waals surface area contributed by atoms with E-state index in [1.165, 1.54) is 19.1 Å². The maximum Gasteiger partial charge on any atom is 0.355 e. The third kappa shape index (κ3) is 2.80. The summed E-state index contributed by atoms with van der Waals surface area (Å²) in [5, 5.41) is 0. The minimum atomic E-state index is -0.657. The second-order valence-corrected chi connectivity index (χ2v) is 4.38. The lowest BCUT2D eigenvalue weighted by atomic mass is 10.1. The zero-order valence-corrected chi connectivity index (χ0v) is 12.3. The molecule has 0 amide bonds. The molecule has 114 valence electrons. The van der Waals surface area contributed by atoms with Crippen LogP contribution in [0.1, 0.15) is 5.56 Å². The highest BCUT2D eigenvalue weighted by molar-refractivity contribution is 6.03. The lowest BCUT2D eigenvalue weighted by Gasteiger charge is -2.31. The number of hydrogen-bond acceptors (Lipinski definition) is 6. The quantitative estimate of drug-likeness (QED) is 0.614. The molecular weight excluding hydrogens is 286 g/mol. The fourth-order valence-electron chi connectivity index (χ4n) is 2.16. The van der Waals surface area contributed by atoms with Gasteiger partial charge in [0.15, 0.2) is 0 Å². The van der Waals surface area contributed by atoms with Gasteiger partial charge in [-0.05, 0) is 12.1 Å². The van der Waals surface area contributed by atoms with E-state index in [4.69, 9.17) is 20.6 Å². The number of ether oxygens (including phenoxy) is 3. The normalized spacial score (nSPS) is 14.3. The van der Waals surface area contributed by atoms with Crippen LogP contribution in [0.5, 0.6) is 0 Å². The molecule has 0 aromatic heterocycles. The summed E-state index contributed by atoms with van der Waals surface area (Å²) in [6.07, 6.45) is 5.49. The van der Waals surface area contributed by atoms with Crippen molar-refractivity contribution in [3.63, 3.8) is 0 Å².